The minimum absolute atomic E-state index is 0.208. The summed E-state index contributed by atoms with van der Waals surface area (Å²) < 4.78 is 14.0. The lowest BCUT2D eigenvalue weighted by atomic mass is 9.98. The third-order valence-corrected chi connectivity index (χ3v) is 7.05. The van der Waals surface area contributed by atoms with Gasteiger partial charge in [-0.1, -0.05) is 55.5 Å². The van der Waals surface area contributed by atoms with E-state index in [9.17, 15) is 18.8 Å². The largest absolute Gasteiger partial charge is 0.352 e. The van der Waals surface area contributed by atoms with Crippen LogP contribution in [0.5, 0.6) is 0 Å². The molecule has 7 nitrogen and oxygen atoms in total. The Morgan fingerprint density at radius 1 is 1.11 bits per heavy atom. The fourth-order valence-electron chi connectivity index (χ4n) is 4.05. The second-order valence-electron chi connectivity index (χ2n) is 8.39. The maximum absolute atomic E-state index is 14.0. The lowest BCUT2D eigenvalue weighted by Crippen LogP contribution is -2.49. The second-order valence-corrected chi connectivity index (χ2v) is 9.45. The number of nitrogens with zero attached hydrogens (tertiary/aromatic N) is 1. The van der Waals surface area contributed by atoms with Crippen molar-refractivity contribution in [1.29, 1.82) is 0 Å². The van der Waals surface area contributed by atoms with Gasteiger partial charge in [0.15, 0.2) is 0 Å². The summed E-state index contributed by atoms with van der Waals surface area (Å²) in [5, 5.41) is 5.42. The van der Waals surface area contributed by atoms with Gasteiger partial charge in [0.1, 0.15) is 11.9 Å². The standard InChI is InChI=1S/C27H27FN4O3S/c1-2-25(33)31-22-16-36-24-13-20(28)11-12-23(24)32(26(22)34)15-17-7-9-18(10-8-17)21-6-4-3-5-19(21)14-30-27(29)35/h3-13,22H,2,14-16H2,1H3,(H,31,33)(H3,29,30,35)/t22-/m1/s1. The van der Waals surface area contributed by atoms with Gasteiger partial charge < -0.3 is 21.3 Å². The van der Waals surface area contributed by atoms with Gasteiger partial charge in [0.05, 0.1) is 12.2 Å². The van der Waals surface area contributed by atoms with Gasteiger partial charge in [-0.2, -0.15) is 0 Å². The van der Waals surface area contributed by atoms with Crippen LogP contribution in [0.3, 0.4) is 0 Å². The van der Waals surface area contributed by atoms with Crippen LogP contribution in [0.2, 0.25) is 0 Å². The van der Waals surface area contributed by atoms with Crippen molar-refractivity contribution in [2.24, 2.45) is 5.73 Å². The highest BCUT2D eigenvalue weighted by molar-refractivity contribution is 7.99. The van der Waals surface area contributed by atoms with Gasteiger partial charge in [0, 0.05) is 23.6 Å². The average molecular weight is 507 g/mol. The summed E-state index contributed by atoms with van der Waals surface area (Å²) in [7, 11) is 0. The number of nitrogens with two attached hydrogens (primary N) is 1. The topological polar surface area (TPSA) is 105 Å². The van der Waals surface area contributed by atoms with Crippen molar-refractivity contribution in [2.45, 2.75) is 37.4 Å². The number of nitrogens with one attached hydrogen (secondary N) is 2. The molecule has 0 saturated carbocycles. The van der Waals surface area contributed by atoms with E-state index in [4.69, 9.17) is 5.73 Å². The minimum atomic E-state index is -0.707. The number of urea groups is 1. The first-order valence-electron chi connectivity index (χ1n) is 11.6. The van der Waals surface area contributed by atoms with E-state index in [-0.39, 0.29) is 30.6 Å². The van der Waals surface area contributed by atoms with Crippen molar-refractivity contribution in [3.05, 3.63) is 83.7 Å². The molecular formula is C27H27FN4O3S. The Morgan fingerprint density at radius 3 is 2.58 bits per heavy atom. The molecule has 3 aromatic rings. The zero-order chi connectivity index (χ0) is 25.7. The number of hydrogen-bond acceptors (Lipinski definition) is 4. The van der Waals surface area contributed by atoms with Crippen LogP contribution in [0.25, 0.3) is 11.1 Å². The third kappa shape index (κ3) is 5.85. The SMILES string of the molecule is CCC(=O)N[C@@H]1CSc2cc(F)ccc2N(Cc2ccc(-c3ccccc3CNC(N)=O)cc2)C1=O. The molecule has 0 bridgehead atoms. The molecule has 0 aromatic heterocycles. The van der Waals surface area contributed by atoms with Crippen molar-refractivity contribution in [1.82, 2.24) is 10.6 Å². The molecule has 4 amide bonds. The van der Waals surface area contributed by atoms with Gasteiger partial charge in [0.25, 0.3) is 5.91 Å². The monoisotopic (exact) mass is 506 g/mol. The van der Waals surface area contributed by atoms with Crippen molar-refractivity contribution >= 4 is 35.3 Å². The molecule has 0 spiro atoms. The Balaban J connectivity index is 1.61. The third-order valence-electron chi connectivity index (χ3n) is 5.91. The predicted molar refractivity (Wildman–Crippen MR) is 139 cm³/mol. The highest BCUT2D eigenvalue weighted by atomic mass is 32.2. The van der Waals surface area contributed by atoms with E-state index in [0.717, 1.165) is 22.3 Å². The Labute approximate surface area is 213 Å². The van der Waals surface area contributed by atoms with E-state index >= 15 is 0 Å². The molecule has 0 fully saturated rings. The van der Waals surface area contributed by atoms with E-state index < -0.39 is 12.1 Å². The fourth-order valence-corrected chi connectivity index (χ4v) is 5.15. The number of primary amides is 1. The molecule has 1 aliphatic rings. The molecule has 1 atom stereocenters. The lowest BCUT2D eigenvalue weighted by Gasteiger charge is -2.26. The summed E-state index contributed by atoms with van der Waals surface area (Å²) >= 11 is 1.35. The molecular weight excluding hydrogens is 479 g/mol. The predicted octanol–water partition coefficient (Wildman–Crippen LogP) is 4.19. The number of carbonyl (C=O) groups is 3. The highest BCUT2D eigenvalue weighted by Crippen LogP contribution is 2.36. The highest BCUT2D eigenvalue weighted by Gasteiger charge is 2.32. The summed E-state index contributed by atoms with van der Waals surface area (Å²) in [5.41, 5.74) is 9.55. The first kappa shape index (κ1) is 25.2. The van der Waals surface area contributed by atoms with Gasteiger partial charge in [-0.15, -0.1) is 11.8 Å². The van der Waals surface area contributed by atoms with Crippen LogP contribution < -0.4 is 21.3 Å². The van der Waals surface area contributed by atoms with E-state index in [1.807, 2.05) is 48.5 Å². The molecule has 0 aliphatic carbocycles. The van der Waals surface area contributed by atoms with E-state index in [0.29, 0.717) is 22.9 Å². The maximum atomic E-state index is 14.0. The molecule has 186 valence electrons. The van der Waals surface area contributed by atoms with Crippen LogP contribution in [0.1, 0.15) is 24.5 Å². The van der Waals surface area contributed by atoms with Crippen LogP contribution in [0.4, 0.5) is 14.9 Å². The van der Waals surface area contributed by atoms with Crippen molar-refractivity contribution in [3.63, 3.8) is 0 Å². The minimum Gasteiger partial charge on any atom is -0.352 e. The van der Waals surface area contributed by atoms with Crippen molar-refractivity contribution in [2.75, 3.05) is 10.7 Å². The summed E-state index contributed by atoms with van der Waals surface area (Å²) in [6, 6.07) is 18.6. The Kier molecular flexibility index (Phi) is 7.90. The number of thioether (sulfide) groups is 1. The average Bonchev–Trinajstić information content (AvgIpc) is 3.00. The molecule has 4 N–H and O–H groups in total. The molecule has 4 rings (SSSR count). The van der Waals surface area contributed by atoms with E-state index in [2.05, 4.69) is 10.6 Å². The fraction of sp³-hybridized carbons (Fsp3) is 0.222. The van der Waals surface area contributed by atoms with Gasteiger partial charge in [-0.25, -0.2) is 9.18 Å². The molecule has 0 radical (unpaired) electrons. The first-order chi connectivity index (χ1) is 17.4. The smallest absolute Gasteiger partial charge is 0.312 e. The molecule has 36 heavy (non-hydrogen) atoms. The summed E-state index contributed by atoms with van der Waals surface area (Å²) in [6.07, 6.45) is 0.272. The van der Waals surface area contributed by atoms with Gasteiger partial charge in [-0.05, 0) is 40.5 Å². The lowest BCUT2D eigenvalue weighted by molar-refractivity contribution is -0.127. The zero-order valence-corrected chi connectivity index (χ0v) is 20.6. The Bertz CT molecular complexity index is 1280. The first-order valence-corrected chi connectivity index (χ1v) is 12.6. The number of halogens is 1. The summed E-state index contributed by atoms with van der Waals surface area (Å²) in [4.78, 5) is 38.9. The van der Waals surface area contributed by atoms with Crippen LogP contribution in [0.15, 0.2) is 71.6 Å². The normalized spacial score (nSPS) is 15.1. The summed E-state index contributed by atoms with van der Waals surface area (Å²) in [6.45, 7) is 2.31. The second kappa shape index (κ2) is 11.3. The summed E-state index contributed by atoms with van der Waals surface area (Å²) in [5.74, 6) is -0.493. The molecule has 1 heterocycles. The van der Waals surface area contributed by atoms with Crippen molar-refractivity contribution < 1.29 is 18.8 Å². The number of carbonyl (C=O) groups excluding carboxylic acids is 3. The van der Waals surface area contributed by atoms with Gasteiger partial charge >= 0.3 is 6.03 Å². The zero-order valence-electron chi connectivity index (χ0n) is 19.8. The van der Waals surface area contributed by atoms with Gasteiger partial charge in [-0.3, -0.25) is 9.59 Å². The van der Waals surface area contributed by atoms with Crippen LogP contribution in [-0.2, 0) is 22.7 Å². The van der Waals surface area contributed by atoms with E-state index in [1.54, 1.807) is 17.9 Å². The number of hydrogen-bond donors (Lipinski definition) is 3. The van der Waals surface area contributed by atoms with Crippen LogP contribution in [-0.4, -0.2) is 29.6 Å². The Hall–Kier alpha value is -3.85. The van der Waals surface area contributed by atoms with Gasteiger partial charge in [0.2, 0.25) is 5.91 Å². The molecule has 3 aromatic carbocycles. The molecule has 9 heteroatoms. The van der Waals surface area contributed by atoms with E-state index in [1.165, 1.54) is 23.9 Å². The number of amides is 4. The quantitative estimate of drug-likeness (QED) is 0.447. The van der Waals surface area contributed by atoms with Crippen LogP contribution in [0, 0.1) is 5.82 Å². The number of anilines is 1. The van der Waals surface area contributed by atoms with Crippen LogP contribution >= 0.6 is 11.8 Å². The molecule has 1 aliphatic heterocycles. The number of fused-ring (bicyclic) bond motifs is 1. The van der Waals surface area contributed by atoms with Crippen molar-refractivity contribution in [3.8, 4) is 11.1 Å². The number of benzene rings is 3. The maximum Gasteiger partial charge on any atom is 0.312 e. The number of rotatable bonds is 7. The molecule has 0 unspecified atom stereocenters. The molecule has 0 saturated heterocycles. The Morgan fingerprint density at radius 2 is 1.86 bits per heavy atom.